The zero-order valence-corrected chi connectivity index (χ0v) is 11.6. The van der Waals surface area contributed by atoms with Crippen LogP contribution < -0.4 is 5.43 Å². The Kier molecular flexibility index (Phi) is 2.89. The van der Waals surface area contributed by atoms with Crippen LogP contribution in [0.5, 0.6) is 0 Å². The van der Waals surface area contributed by atoms with E-state index >= 15 is 0 Å². The van der Waals surface area contributed by atoms with Crippen molar-refractivity contribution in [3.8, 4) is 0 Å². The third kappa shape index (κ3) is 2.38. The van der Waals surface area contributed by atoms with E-state index in [1.807, 2.05) is 24.3 Å². The van der Waals surface area contributed by atoms with Crippen molar-refractivity contribution in [1.29, 1.82) is 0 Å². The number of para-hydroxylation sites is 1. The van der Waals surface area contributed by atoms with Crippen molar-refractivity contribution in [3.63, 3.8) is 0 Å². The third-order valence-corrected chi connectivity index (χ3v) is 3.83. The number of aromatic nitrogens is 1. The van der Waals surface area contributed by atoms with Crippen molar-refractivity contribution in [2.45, 2.75) is 12.8 Å². The molecule has 0 saturated carbocycles. The lowest BCUT2D eigenvalue weighted by atomic mass is 10.1. The first-order valence-corrected chi connectivity index (χ1v) is 7.12. The van der Waals surface area contributed by atoms with Crippen LogP contribution in [0.3, 0.4) is 0 Å². The third-order valence-electron chi connectivity index (χ3n) is 3.83. The Balaban J connectivity index is 1.55. The lowest BCUT2D eigenvalue weighted by molar-refractivity contribution is 1.22. The molecule has 0 fully saturated rings. The van der Waals surface area contributed by atoms with Gasteiger partial charge in [-0.3, -0.25) is 5.43 Å². The Morgan fingerprint density at radius 3 is 2.33 bits per heavy atom. The summed E-state index contributed by atoms with van der Waals surface area (Å²) in [7, 11) is 0. The van der Waals surface area contributed by atoms with Gasteiger partial charge in [0.1, 0.15) is 5.82 Å². The van der Waals surface area contributed by atoms with Gasteiger partial charge in [0.25, 0.3) is 0 Å². The fourth-order valence-corrected chi connectivity index (χ4v) is 2.75. The van der Waals surface area contributed by atoms with E-state index in [9.17, 15) is 0 Å². The topological polar surface area (TPSA) is 37.3 Å². The molecule has 0 spiro atoms. The minimum Gasteiger partial charge on any atom is -0.261 e. The van der Waals surface area contributed by atoms with E-state index in [0.29, 0.717) is 0 Å². The van der Waals surface area contributed by atoms with Gasteiger partial charge in [0.2, 0.25) is 0 Å². The standard InChI is InChI=1S/C18H15N3/c1-2-7-15-12-16(11-14(15)6-1)20-21-18-10-9-13-5-3-4-8-17(13)19-18/h1-10H,11-12H2,(H,19,21). The molecule has 1 N–H and O–H groups in total. The largest absolute Gasteiger partial charge is 0.261 e. The number of hydrogen-bond donors (Lipinski definition) is 1. The van der Waals surface area contributed by atoms with Crippen LogP contribution in [0.15, 0.2) is 65.8 Å². The SMILES string of the molecule is c1ccc2c(c1)CC(=NNc1ccc3ccccc3n1)C2. The second kappa shape index (κ2) is 5.02. The number of fused-ring (bicyclic) bond motifs is 2. The molecule has 21 heavy (non-hydrogen) atoms. The lowest BCUT2D eigenvalue weighted by Crippen LogP contribution is -2.02. The molecule has 0 atom stereocenters. The zero-order chi connectivity index (χ0) is 14.1. The molecule has 1 aliphatic rings. The summed E-state index contributed by atoms with van der Waals surface area (Å²) in [5, 5.41) is 5.66. The molecule has 0 aliphatic heterocycles. The second-order valence-corrected chi connectivity index (χ2v) is 5.30. The highest BCUT2D eigenvalue weighted by atomic mass is 15.3. The fourth-order valence-electron chi connectivity index (χ4n) is 2.75. The number of nitrogens with zero attached hydrogens (tertiary/aromatic N) is 2. The summed E-state index contributed by atoms with van der Waals surface area (Å²) < 4.78 is 0. The Morgan fingerprint density at radius 2 is 1.52 bits per heavy atom. The molecule has 3 nitrogen and oxygen atoms in total. The predicted octanol–water partition coefficient (Wildman–Crippen LogP) is 3.80. The molecule has 1 aromatic heterocycles. The molecule has 2 aromatic carbocycles. The van der Waals surface area contributed by atoms with Gasteiger partial charge in [0, 0.05) is 23.9 Å². The molecule has 0 unspecified atom stereocenters. The van der Waals surface area contributed by atoms with E-state index in [1.165, 1.54) is 11.1 Å². The molecule has 0 amide bonds. The monoisotopic (exact) mass is 273 g/mol. The number of benzene rings is 2. The van der Waals surface area contributed by atoms with Crippen LogP contribution in [0.1, 0.15) is 11.1 Å². The summed E-state index contributed by atoms with van der Waals surface area (Å²) in [5.74, 6) is 0.789. The van der Waals surface area contributed by atoms with Crippen molar-refractivity contribution in [1.82, 2.24) is 4.98 Å². The van der Waals surface area contributed by atoms with Gasteiger partial charge >= 0.3 is 0 Å². The summed E-state index contributed by atoms with van der Waals surface area (Å²) in [6, 6.07) is 20.6. The van der Waals surface area contributed by atoms with Crippen LogP contribution >= 0.6 is 0 Å². The van der Waals surface area contributed by atoms with Crippen LogP contribution in [-0.4, -0.2) is 10.7 Å². The van der Waals surface area contributed by atoms with Gasteiger partial charge in [-0.05, 0) is 29.3 Å². The van der Waals surface area contributed by atoms with Gasteiger partial charge in [-0.15, -0.1) is 0 Å². The van der Waals surface area contributed by atoms with E-state index in [2.05, 4.69) is 51.9 Å². The minimum absolute atomic E-state index is 0.789. The summed E-state index contributed by atoms with van der Waals surface area (Å²) in [6.07, 6.45) is 1.85. The van der Waals surface area contributed by atoms with Crippen LogP contribution in [0.2, 0.25) is 0 Å². The maximum atomic E-state index is 4.57. The normalized spacial score (nSPS) is 13.2. The van der Waals surface area contributed by atoms with Crippen molar-refractivity contribution in [2.24, 2.45) is 5.10 Å². The Hall–Kier alpha value is -2.68. The molecule has 0 saturated heterocycles. The maximum absolute atomic E-state index is 4.57. The maximum Gasteiger partial charge on any atom is 0.146 e. The summed E-state index contributed by atoms with van der Waals surface area (Å²) in [5.41, 5.74) is 7.99. The molecule has 102 valence electrons. The first-order valence-electron chi connectivity index (χ1n) is 7.12. The number of hydrazone groups is 1. The molecule has 0 radical (unpaired) electrons. The minimum atomic E-state index is 0.789. The number of rotatable bonds is 2. The van der Waals surface area contributed by atoms with Gasteiger partial charge in [-0.2, -0.15) is 5.10 Å². The van der Waals surface area contributed by atoms with Gasteiger partial charge in [0.05, 0.1) is 5.52 Å². The van der Waals surface area contributed by atoms with Gasteiger partial charge in [-0.25, -0.2) is 4.98 Å². The Bertz CT molecular complexity index is 809. The quantitative estimate of drug-likeness (QED) is 0.721. The van der Waals surface area contributed by atoms with Crippen LogP contribution in [0.4, 0.5) is 5.82 Å². The van der Waals surface area contributed by atoms with E-state index in [1.54, 1.807) is 0 Å². The first-order chi connectivity index (χ1) is 10.4. The summed E-state index contributed by atoms with van der Waals surface area (Å²) in [4.78, 5) is 4.57. The highest BCUT2D eigenvalue weighted by Gasteiger charge is 2.15. The molecular formula is C18H15N3. The number of hydrogen-bond acceptors (Lipinski definition) is 3. The molecule has 3 heteroatoms. The van der Waals surface area contributed by atoms with Gasteiger partial charge in [0.15, 0.2) is 0 Å². The van der Waals surface area contributed by atoms with Crippen LogP contribution in [0, 0.1) is 0 Å². The lowest BCUT2D eigenvalue weighted by Gasteiger charge is -2.03. The molecule has 1 aliphatic carbocycles. The average molecular weight is 273 g/mol. The number of pyridine rings is 1. The summed E-state index contributed by atoms with van der Waals surface area (Å²) in [6.45, 7) is 0. The van der Waals surface area contributed by atoms with E-state index < -0.39 is 0 Å². The van der Waals surface area contributed by atoms with E-state index in [4.69, 9.17) is 0 Å². The summed E-state index contributed by atoms with van der Waals surface area (Å²) >= 11 is 0. The fraction of sp³-hybridized carbons (Fsp3) is 0.111. The highest BCUT2D eigenvalue weighted by Crippen LogP contribution is 2.20. The molecule has 0 bridgehead atoms. The zero-order valence-electron chi connectivity index (χ0n) is 11.6. The van der Waals surface area contributed by atoms with E-state index in [0.717, 1.165) is 35.3 Å². The van der Waals surface area contributed by atoms with E-state index in [-0.39, 0.29) is 0 Å². The Morgan fingerprint density at radius 1 is 0.810 bits per heavy atom. The first kappa shape index (κ1) is 12.1. The molecule has 4 rings (SSSR count). The van der Waals surface area contributed by atoms with Crippen LogP contribution in [0.25, 0.3) is 10.9 Å². The average Bonchev–Trinajstić information content (AvgIpc) is 2.95. The van der Waals surface area contributed by atoms with Crippen molar-refractivity contribution < 1.29 is 0 Å². The second-order valence-electron chi connectivity index (χ2n) is 5.30. The van der Waals surface area contributed by atoms with Gasteiger partial charge in [-0.1, -0.05) is 42.5 Å². The van der Waals surface area contributed by atoms with Crippen molar-refractivity contribution >= 4 is 22.4 Å². The number of nitrogens with one attached hydrogen (secondary N) is 1. The van der Waals surface area contributed by atoms with Crippen molar-refractivity contribution in [2.75, 3.05) is 5.43 Å². The smallest absolute Gasteiger partial charge is 0.146 e. The number of anilines is 1. The Labute approximate surface area is 123 Å². The van der Waals surface area contributed by atoms with Crippen LogP contribution in [-0.2, 0) is 12.8 Å². The van der Waals surface area contributed by atoms with Crippen molar-refractivity contribution in [3.05, 3.63) is 71.8 Å². The predicted molar refractivity (Wildman–Crippen MR) is 86.7 cm³/mol. The highest BCUT2D eigenvalue weighted by molar-refractivity contribution is 5.93. The molecular weight excluding hydrogens is 258 g/mol. The molecule has 1 heterocycles. The van der Waals surface area contributed by atoms with Gasteiger partial charge < -0.3 is 0 Å². The molecule has 3 aromatic rings.